The van der Waals surface area contributed by atoms with Crippen molar-refractivity contribution >= 4 is 11.7 Å². The Balaban J connectivity index is 1.84. The molecule has 1 aliphatic heterocycles. The second-order valence-electron chi connectivity index (χ2n) is 4.55. The summed E-state index contributed by atoms with van der Waals surface area (Å²) in [5.74, 6) is 0.143. The van der Waals surface area contributed by atoms with E-state index in [-0.39, 0.29) is 17.8 Å². The lowest BCUT2D eigenvalue weighted by Gasteiger charge is -2.16. The van der Waals surface area contributed by atoms with Crippen LogP contribution in [0.3, 0.4) is 0 Å². The van der Waals surface area contributed by atoms with Gasteiger partial charge >= 0.3 is 6.03 Å². The Labute approximate surface area is 107 Å². The zero-order chi connectivity index (χ0) is 12.8. The number of urea groups is 1. The molecule has 4 N–H and O–H groups in total. The summed E-state index contributed by atoms with van der Waals surface area (Å²) in [4.78, 5) is 11.8. The summed E-state index contributed by atoms with van der Waals surface area (Å²) in [7, 11) is 0. The Hall–Kier alpha value is -1.75. The van der Waals surface area contributed by atoms with Gasteiger partial charge in [0.1, 0.15) is 5.75 Å². The fourth-order valence-corrected chi connectivity index (χ4v) is 2.08. The normalized spacial score (nSPS) is 19.9. The van der Waals surface area contributed by atoms with E-state index in [1.807, 2.05) is 0 Å². The van der Waals surface area contributed by atoms with E-state index in [1.165, 1.54) is 6.07 Å². The van der Waals surface area contributed by atoms with E-state index >= 15 is 0 Å². The van der Waals surface area contributed by atoms with Crippen molar-refractivity contribution in [3.05, 3.63) is 24.3 Å². The molecule has 1 atom stereocenters. The van der Waals surface area contributed by atoms with E-state index in [9.17, 15) is 9.90 Å². The van der Waals surface area contributed by atoms with Crippen LogP contribution in [0.5, 0.6) is 5.75 Å². The second kappa shape index (κ2) is 6.26. The van der Waals surface area contributed by atoms with Crippen molar-refractivity contribution < 1.29 is 9.90 Å². The third kappa shape index (κ3) is 3.92. The summed E-state index contributed by atoms with van der Waals surface area (Å²) in [6, 6.07) is 6.46. The number of nitrogens with one attached hydrogen (secondary N) is 3. The van der Waals surface area contributed by atoms with Crippen LogP contribution in [0.15, 0.2) is 24.3 Å². The Morgan fingerprint density at radius 1 is 1.39 bits per heavy atom. The summed E-state index contributed by atoms with van der Waals surface area (Å²) in [5.41, 5.74) is 0.592. The van der Waals surface area contributed by atoms with Crippen LogP contribution in [0.25, 0.3) is 0 Å². The fraction of sp³-hybridized carbons (Fsp3) is 0.462. The zero-order valence-corrected chi connectivity index (χ0v) is 10.3. The van der Waals surface area contributed by atoms with Crippen LogP contribution in [0.2, 0.25) is 0 Å². The Kier molecular flexibility index (Phi) is 4.41. The van der Waals surface area contributed by atoms with Crippen molar-refractivity contribution in [2.45, 2.75) is 25.3 Å². The first kappa shape index (κ1) is 12.7. The predicted octanol–water partition coefficient (Wildman–Crippen LogP) is 1.66. The van der Waals surface area contributed by atoms with E-state index in [2.05, 4.69) is 16.0 Å². The molecule has 1 unspecified atom stereocenters. The minimum absolute atomic E-state index is 0.143. The van der Waals surface area contributed by atoms with E-state index in [4.69, 9.17) is 0 Å². The van der Waals surface area contributed by atoms with E-state index < -0.39 is 0 Å². The van der Waals surface area contributed by atoms with Crippen molar-refractivity contribution in [1.82, 2.24) is 10.6 Å². The maximum Gasteiger partial charge on any atom is 0.319 e. The van der Waals surface area contributed by atoms with Gasteiger partial charge < -0.3 is 21.1 Å². The highest BCUT2D eigenvalue weighted by molar-refractivity contribution is 5.89. The number of carbonyl (C=O) groups is 1. The van der Waals surface area contributed by atoms with Crippen molar-refractivity contribution in [3.63, 3.8) is 0 Å². The molecule has 0 saturated carbocycles. The van der Waals surface area contributed by atoms with Crippen LogP contribution in [-0.4, -0.2) is 30.3 Å². The van der Waals surface area contributed by atoms with Gasteiger partial charge in [0.25, 0.3) is 0 Å². The highest BCUT2D eigenvalue weighted by Crippen LogP contribution is 2.15. The standard InChI is InChI=1S/C13H19N3O2/c17-12-6-3-5-10(8-12)15-13(18)16-11-4-1-2-7-14-9-11/h3,5-6,8,11,14,17H,1-2,4,7,9H2,(H2,15,16,18). The van der Waals surface area contributed by atoms with Gasteiger partial charge in [-0.1, -0.05) is 12.5 Å². The van der Waals surface area contributed by atoms with Crippen molar-refractivity contribution in [1.29, 1.82) is 0 Å². The number of phenolic OH excluding ortho intramolecular Hbond substituents is 1. The minimum atomic E-state index is -0.228. The quantitative estimate of drug-likeness (QED) is 0.644. The summed E-state index contributed by atoms with van der Waals surface area (Å²) < 4.78 is 0. The molecule has 1 fully saturated rings. The highest BCUT2D eigenvalue weighted by atomic mass is 16.3. The SMILES string of the molecule is O=C(Nc1cccc(O)c1)NC1CCCCNC1. The first-order chi connectivity index (χ1) is 8.74. The molecular formula is C13H19N3O2. The summed E-state index contributed by atoms with van der Waals surface area (Å²) >= 11 is 0. The summed E-state index contributed by atoms with van der Waals surface area (Å²) in [6.45, 7) is 1.83. The number of rotatable bonds is 2. The van der Waals surface area contributed by atoms with Crippen molar-refractivity contribution in [2.24, 2.45) is 0 Å². The maximum atomic E-state index is 11.8. The van der Waals surface area contributed by atoms with Crippen molar-refractivity contribution in [2.75, 3.05) is 18.4 Å². The largest absolute Gasteiger partial charge is 0.508 e. The number of hydrogen-bond acceptors (Lipinski definition) is 3. The van der Waals surface area contributed by atoms with Crippen LogP contribution in [-0.2, 0) is 0 Å². The van der Waals surface area contributed by atoms with Crippen molar-refractivity contribution in [3.8, 4) is 5.75 Å². The van der Waals surface area contributed by atoms with Gasteiger partial charge in [0.2, 0.25) is 0 Å². The third-order valence-electron chi connectivity index (χ3n) is 2.99. The smallest absolute Gasteiger partial charge is 0.319 e. The topological polar surface area (TPSA) is 73.4 Å². The molecule has 98 valence electrons. The van der Waals surface area contributed by atoms with Gasteiger partial charge in [-0.25, -0.2) is 4.79 Å². The fourth-order valence-electron chi connectivity index (χ4n) is 2.08. The molecule has 0 aromatic heterocycles. The molecule has 0 aliphatic carbocycles. The number of aromatic hydroxyl groups is 1. The predicted molar refractivity (Wildman–Crippen MR) is 70.8 cm³/mol. The molecule has 0 spiro atoms. The Morgan fingerprint density at radius 3 is 3.11 bits per heavy atom. The molecule has 1 heterocycles. The lowest BCUT2D eigenvalue weighted by Crippen LogP contribution is -2.42. The van der Waals surface area contributed by atoms with E-state index in [0.717, 1.165) is 32.4 Å². The number of amides is 2. The number of benzene rings is 1. The number of hydrogen-bond donors (Lipinski definition) is 4. The first-order valence-electron chi connectivity index (χ1n) is 6.31. The Morgan fingerprint density at radius 2 is 2.28 bits per heavy atom. The van der Waals surface area contributed by atoms with Crippen LogP contribution in [0.4, 0.5) is 10.5 Å². The van der Waals surface area contributed by atoms with E-state index in [0.29, 0.717) is 5.69 Å². The first-order valence-corrected chi connectivity index (χ1v) is 6.31. The summed E-state index contributed by atoms with van der Waals surface area (Å²) in [6.07, 6.45) is 3.29. The lowest BCUT2D eigenvalue weighted by atomic mass is 10.1. The minimum Gasteiger partial charge on any atom is -0.508 e. The van der Waals surface area contributed by atoms with Crippen LogP contribution >= 0.6 is 0 Å². The lowest BCUT2D eigenvalue weighted by molar-refractivity contribution is 0.247. The molecule has 2 amide bonds. The average Bonchev–Trinajstić information content (AvgIpc) is 2.57. The molecule has 1 aliphatic rings. The zero-order valence-electron chi connectivity index (χ0n) is 10.3. The molecule has 1 aromatic carbocycles. The number of carbonyl (C=O) groups excluding carboxylic acids is 1. The second-order valence-corrected chi connectivity index (χ2v) is 4.55. The van der Waals surface area contributed by atoms with Gasteiger partial charge in [-0.3, -0.25) is 0 Å². The van der Waals surface area contributed by atoms with Gasteiger partial charge in [0.05, 0.1) is 0 Å². The van der Waals surface area contributed by atoms with Gasteiger partial charge in [-0.2, -0.15) is 0 Å². The van der Waals surface area contributed by atoms with Crippen LogP contribution in [0, 0.1) is 0 Å². The highest BCUT2D eigenvalue weighted by Gasteiger charge is 2.14. The van der Waals surface area contributed by atoms with Gasteiger partial charge in [0.15, 0.2) is 0 Å². The molecule has 18 heavy (non-hydrogen) atoms. The maximum absolute atomic E-state index is 11.8. The van der Waals surface area contributed by atoms with Gasteiger partial charge in [-0.15, -0.1) is 0 Å². The van der Waals surface area contributed by atoms with Crippen LogP contribution in [0.1, 0.15) is 19.3 Å². The monoisotopic (exact) mass is 249 g/mol. The number of anilines is 1. The molecule has 5 nitrogen and oxygen atoms in total. The third-order valence-corrected chi connectivity index (χ3v) is 2.99. The molecule has 1 saturated heterocycles. The molecule has 5 heteroatoms. The molecular weight excluding hydrogens is 230 g/mol. The number of phenols is 1. The average molecular weight is 249 g/mol. The van der Waals surface area contributed by atoms with E-state index in [1.54, 1.807) is 18.2 Å². The summed E-state index contributed by atoms with van der Waals surface area (Å²) in [5, 5.41) is 18.2. The van der Waals surface area contributed by atoms with Crippen LogP contribution < -0.4 is 16.0 Å². The van der Waals surface area contributed by atoms with Gasteiger partial charge in [-0.05, 0) is 31.5 Å². The van der Waals surface area contributed by atoms with Gasteiger partial charge in [0, 0.05) is 24.3 Å². The molecule has 0 radical (unpaired) electrons. The molecule has 1 aromatic rings. The molecule has 2 rings (SSSR count). The molecule has 0 bridgehead atoms. The Bertz CT molecular complexity index is 401.